The summed E-state index contributed by atoms with van der Waals surface area (Å²) in [4.78, 5) is 22.7. The number of hydrogen-bond donors (Lipinski definition) is 1. The van der Waals surface area contributed by atoms with E-state index in [1.165, 1.54) is 0 Å². The fourth-order valence-corrected chi connectivity index (χ4v) is 2.25. The first-order valence-corrected chi connectivity index (χ1v) is 8.04. The fourth-order valence-electron chi connectivity index (χ4n) is 2.25. The lowest BCUT2D eigenvalue weighted by Crippen LogP contribution is -2.24. The quantitative estimate of drug-likeness (QED) is 0.528. The molecule has 0 unspecified atom stereocenters. The van der Waals surface area contributed by atoms with E-state index >= 15 is 0 Å². The van der Waals surface area contributed by atoms with Crippen LogP contribution in [0.25, 0.3) is 0 Å². The van der Waals surface area contributed by atoms with E-state index in [0.29, 0.717) is 11.3 Å². The van der Waals surface area contributed by atoms with Gasteiger partial charge in [-0.1, -0.05) is 12.1 Å². The number of benzene rings is 2. The number of halogens is 3. The summed E-state index contributed by atoms with van der Waals surface area (Å²) in [6.07, 6.45) is -4.59. The zero-order valence-corrected chi connectivity index (χ0v) is 14.7. The Balaban J connectivity index is 2.14. The van der Waals surface area contributed by atoms with Crippen LogP contribution >= 0.6 is 0 Å². The number of ether oxygens (including phenoxy) is 2. The number of carbonyl (C=O) groups is 1. The molecule has 0 aromatic heterocycles. The van der Waals surface area contributed by atoms with Gasteiger partial charge < -0.3 is 14.8 Å². The largest absolute Gasteiger partial charge is 0.484 e. The second-order valence-electron chi connectivity index (χ2n) is 5.62. The number of rotatable bonds is 8. The normalized spacial score (nSPS) is 10.7. The molecule has 0 saturated carbocycles. The van der Waals surface area contributed by atoms with Crippen molar-refractivity contribution in [2.24, 2.45) is 0 Å². The molecule has 2 aromatic carbocycles. The van der Waals surface area contributed by atoms with E-state index in [-0.39, 0.29) is 18.9 Å². The van der Waals surface area contributed by atoms with Gasteiger partial charge in [-0.25, -0.2) is 0 Å². The van der Waals surface area contributed by atoms with E-state index in [1.807, 2.05) is 6.07 Å². The molecule has 0 saturated heterocycles. The third kappa shape index (κ3) is 6.69. The van der Waals surface area contributed by atoms with Crippen LogP contribution in [0.4, 0.5) is 18.9 Å². The average Bonchev–Trinajstić information content (AvgIpc) is 2.68. The van der Waals surface area contributed by atoms with Crippen LogP contribution in [0.3, 0.4) is 0 Å². The van der Waals surface area contributed by atoms with E-state index in [4.69, 9.17) is 10.00 Å². The van der Waals surface area contributed by atoms with Crippen molar-refractivity contribution in [1.82, 2.24) is 5.32 Å². The maximum atomic E-state index is 12.4. The van der Waals surface area contributed by atoms with Crippen molar-refractivity contribution < 1.29 is 32.4 Å². The second-order valence-corrected chi connectivity index (χ2v) is 5.62. The van der Waals surface area contributed by atoms with Gasteiger partial charge in [0, 0.05) is 12.6 Å². The monoisotopic (exact) mass is 409 g/mol. The average molecular weight is 409 g/mol. The minimum absolute atomic E-state index is 0.0343. The molecular formula is C18H14F3N3O5. The Labute approximate surface area is 162 Å². The lowest BCUT2D eigenvalue weighted by Gasteiger charge is -2.11. The van der Waals surface area contributed by atoms with E-state index in [0.717, 1.165) is 18.2 Å². The van der Waals surface area contributed by atoms with E-state index < -0.39 is 34.9 Å². The van der Waals surface area contributed by atoms with E-state index in [2.05, 4.69) is 10.1 Å². The van der Waals surface area contributed by atoms with Crippen LogP contribution in [0.15, 0.2) is 42.5 Å². The highest BCUT2D eigenvalue weighted by Gasteiger charge is 2.29. The second kappa shape index (κ2) is 9.41. The van der Waals surface area contributed by atoms with E-state index in [1.54, 1.807) is 24.3 Å². The number of nitrogens with zero attached hydrogens (tertiary/aromatic N) is 2. The molecule has 29 heavy (non-hydrogen) atoms. The molecule has 0 heterocycles. The Morgan fingerprint density at radius 3 is 2.55 bits per heavy atom. The molecule has 2 aromatic rings. The molecule has 0 bridgehead atoms. The number of carbonyl (C=O) groups excluding carboxylic acids is 1. The highest BCUT2D eigenvalue weighted by Crippen LogP contribution is 2.26. The summed E-state index contributed by atoms with van der Waals surface area (Å²) in [6.45, 7) is -1.79. The van der Waals surface area contributed by atoms with Gasteiger partial charge in [-0.15, -0.1) is 0 Å². The number of amides is 1. The number of alkyl halides is 3. The summed E-state index contributed by atoms with van der Waals surface area (Å²) >= 11 is 0. The standard InChI is InChI=1S/C18H14F3N3O5/c19-18(20,21)11-29-14-4-5-16(24(26)27)15(9-14)17(25)23-10-12-2-1-3-13(8-12)28-7-6-22/h1-5,8-9H,7,10-11H2,(H,23,25). The lowest BCUT2D eigenvalue weighted by atomic mass is 10.1. The Morgan fingerprint density at radius 1 is 1.17 bits per heavy atom. The first-order chi connectivity index (χ1) is 13.7. The van der Waals surface area contributed by atoms with Crippen molar-refractivity contribution in [2.75, 3.05) is 13.2 Å². The van der Waals surface area contributed by atoms with Crippen LogP contribution in [-0.4, -0.2) is 30.2 Å². The summed E-state index contributed by atoms with van der Waals surface area (Å²) < 4.78 is 46.5. The van der Waals surface area contributed by atoms with Gasteiger partial charge in [0.25, 0.3) is 11.6 Å². The van der Waals surface area contributed by atoms with Gasteiger partial charge in [0.15, 0.2) is 13.2 Å². The van der Waals surface area contributed by atoms with Gasteiger partial charge in [-0.3, -0.25) is 14.9 Å². The SMILES string of the molecule is N#CCOc1cccc(CNC(=O)c2cc(OCC(F)(F)F)ccc2[N+](=O)[O-])c1. The number of hydrogen-bond acceptors (Lipinski definition) is 6. The maximum Gasteiger partial charge on any atom is 0.422 e. The van der Waals surface area contributed by atoms with Crippen molar-refractivity contribution in [2.45, 2.75) is 12.7 Å². The Bertz CT molecular complexity index is 941. The van der Waals surface area contributed by atoms with Crippen LogP contribution in [-0.2, 0) is 6.54 Å². The number of nitriles is 1. The summed E-state index contributed by atoms with van der Waals surface area (Å²) in [5.41, 5.74) is -0.430. The van der Waals surface area contributed by atoms with Gasteiger partial charge in [0.2, 0.25) is 0 Å². The van der Waals surface area contributed by atoms with E-state index in [9.17, 15) is 28.1 Å². The predicted molar refractivity (Wildman–Crippen MR) is 93.4 cm³/mol. The first-order valence-electron chi connectivity index (χ1n) is 8.04. The summed E-state index contributed by atoms with van der Waals surface area (Å²) in [5, 5.41) is 22.1. The summed E-state index contributed by atoms with van der Waals surface area (Å²) in [5.74, 6) is -0.797. The van der Waals surface area contributed by atoms with Gasteiger partial charge in [-0.2, -0.15) is 18.4 Å². The maximum absolute atomic E-state index is 12.4. The molecule has 0 aliphatic rings. The van der Waals surface area contributed by atoms with Gasteiger partial charge in [0.05, 0.1) is 4.92 Å². The molecule has 11 heteroatoms. The van der Waals surface area contributed by atoms with Crippen LogP contribution < -0.4 is 14.8 Å². The first kappa shape index (κ1) is 21.5. The van der Waals surface area contributed by atoms with Crippen molar-refractivity contribution in [1.29, 1.82) is 5.26 Å². The van der Waals surface area contributed by atoms with Crippen molar-refractivity contribution >= 4 is 11.6 Å². The van der Waals surface area contributed by atoms with Crippen LogP contribution in [0.5, 0.6) is 11.5 Å². The topological polar surface area (TPSA) is 114 Å². The molecule has 1 N–H and O–H groups in total. The molecule has 2 rings (SSSR count). The molecule has 1 amide bonds. The molecule has 0 radical (unpaired) electrons. The zero-order chi connectivity index (χ0) is 21.4. The fraction of sp³-hybridized carbons (Fsp3) is 0.222. The summed E-state index contributed by atoms with van der Waals surface area (Å²) in [7, 11) is 0. The summed E-state index contributed by atoms with van der Waals surface area (Å²) in [6, 6.07) is 11.0. The van der Waals surface area contributed by atoms with Crippen LogP contribution in [0.2, 0.25) is 0 Å². The third-order valence-electron chi connectivity index (χ3n) is 3.47. The van der Waals surface area contributed by atoms with Crippen molar-refractivity contribution in [3.63, 3.8) is 0 Å². The third-order valence-corrected chi connectivity index (χ3v) is 3.47. The molecule has 0 aliphatic carbocycles. The molecule has 0 fully saturated rings. The van der Waals surface area contributed by atoms with Gasteiger partial charge in [0.1, 0.15) is 23.1 Å². The predicted octanol–water partition coefficient (Wildman–Crippen LogP) is 3.37. The molecule has 8 nitrogen and oxygen atoms in total. The molecule has 0 aliphatic heterocycles. The minimum Gasteiger partial charge on any atom is -0.484 e. The Hall–Kier alpha value is -3.81. The Kier molecular flexibility index (Phi) is 6.97. The Morgan fingerprint density at radius 2 is 1.90 bits per heavy atom. The minimum atomic E-state index is -4.59. The molecule has 0 atom stereocenters. The van der Waals surface area contributed by atoms with Gasteiger partial charge in [-0.05, 0) is 29.8 Å². The molecular weight excluding hydrogens is 395 g/mol. The van der Waals surface area contributed by atoms with Crippen LogP contribution in [0.1, 0.15) is 15.9 Å². The number of nitro benzene ring substituents is 1. The highest BCUT2D eigenvalue weighted by molar-refractivity contribution is 5.98. The number of nitro groups is 1. The van der Waals surface area contributed by atoms with Crippen molar-refractivity contribution in [3.8, 4) is 17.6 Å². The highest BCUT2D eigenvalue weighted by atomic mass is 19.4. The molecule has 0 spiro atoms. The zero-order valence-electron chi connectivity index (χ0n) is 14.7. The van der Waals surface area contributed by atoms with Gasteiger partial charge >= 0.3 is 6.18 Å². The molecule has 152 valence electrons. The smallest absolute Gasteiger partial charge is 0.422 e. The van der Waals surface area contributed by atoms with Crippen LogP contribution in [0, 0.1) is 21.4 Å². The lowest BCUT2D eigenvalue weighted by molar-refractivity contribution is -0.385. The number of nitrogens with one attached hydrogen (secondary N) is 1. The van der Waals surface area contributed by atoms with Crippen molar-refractivity contribution in [3.05, 3.63) is 63.7 Å².